The van der Waals surface area contributed by atoms with E-state index in [0.717, 1.165) is 54.2 Å². The zero-order valence-corrected chi connectivity index (χ0v) is 20.9. The summed E-state index contributed by atoms with van der Waals surface area (Å²) in [5, 5.41) is 4.84. The van der Waals surface area contributed by atoms with Crippen molar-refractivity contribution in [2.75, 3.05) is 0 Å². The van der Waals surface area contributed by atoms with Gasteiger partial charge in [0.05, 0.1) is 35.5 Å². The third-order valence-corrected chi connectivity index (χ3v) is 11.1. The van der Waals surface area contributed by atoms with Gasteiger partial charge in [-0.1, -0.05) is 6.07 Å². The molecule has 0 fully saturated rings. The van der Waals surface area contributed by atoms with Gasteiger partial charge in [-0.05, 0) is 62.2 Å². The van der Waals surface area contributed by atoms with Crippen LogP contribution in [0.25, 0.3) is 52.8 Å². The van der Waals surface area contributed by atoms with Crippen LogP contribution in [0, 0.1) is 0 Å². The molecule has 31 heavy (non-hydrogen) atoms. The number of benzene rings is 1. The van der Waals surface area contributed by atoms with Crippen LogP contribution in [0.15, 0.2) is 47.5 Å². The molecule has 0 aliphatic carbocycles. The largest absolute Gasteiger partial charge is 0.299 e. The Labute approximate surface area is 202 Å². The van der Waals surface area contributed by atoms with Gasteiger partial charge in [-0.3, -0.25) is 18.6 Å². The Kier molecular flexibility index (Phi) is 3.24. The lowest BCUT2D eigenvalue weighted by Crippen LogP contribution is -2.32. The lowest BCUT2D eigenvalue weighted by atomic mass is 10.0. The second-order valence-corrected chi connectivity index (χ2v) is 14.0. The Morgan fingerprint density at radius 1 is 0.871 bits per heavy atom. The summed E-state index contributed by atoms with van der Waals surface area (Å²) in [4.78, 5) is 27.2. The zero-order chi connectivity index (χ0) is 20.8. The van der Waals surface area contributed by atoms with Gasteiger partial charge in [0.15, 0.2) is 0 Å². The van der Waals surface area contributed by atoms with Crippen molar-refractivity contribution in [3.63, 3.8) is 0 Å². The number of thiophene rings is 2. The van der Waals surface area contributed by atoms with Crippen LogP contribution in [0.2, 0.25) is 0 Å². The van der Waals surface area contributed by atoms with Gasteiger partial charge >= 0.3 is 0 Å². The first-order valence-electron chi connectivity index (χ1n) is 9.56. The van der Waals surface area contributed by atoms with Crippen LogP contribution in [0.3, 0.4) is 0 Å². The molecule has 1 aromatic carbocycles. The van der Waals surface area contributed by atoms with Crippen LogP contribution in [-0.4, -0.2) is 14.2 Å². The molecule has 0 saturated carbocycles. The summed E-state index contributed by atoms with van der Waals surface area (Å²) in [5.74, 6) is 0. The third-order valence-electron chi connectivity index (χ3n) is 6.45. The Morgan fingerprint density at radius 2 is 1.68 bits per heavy atom. The molecule has 8 rings (SSSR count). The SMILES string of the molecule is O=c1c2sc3c4c(ccc(c5n1C1C=C(Br)SC1C=5)c24)c(=O)n1c2cc(Br)sc2cc31. The molecule has 0 radical (unpaired) electrons. The minimum absolute atomic E-state index is 0.0201. The second kappa shape index (κ2) is 5.63. The summed E-state index contributed by atoms with van der Waals surface area (Å²) in [7, 11) is 0. The molecule has 150 valence electrons. The maximum Gasteiger partial charge on any atom is 0.269 e. The molecule has 0 spiro atoms. The van der Waals surface area contributed by atoms with Gasteiger partial charge in [-0.2, -0.15) is 0 Å². The maximum atomic E-state index is 13.7. The minimum atomic E-state index is -0.0201. The molecule has 6 aromatic rings. The van der Waals surface area contributed by atoms with Crippen molar-refractivity contribution in [3.8, 4) is 0 Å². The van der Waals surface area contributed by atoms with E-state index in [9.17, 15) is 9.59 Å². The van der Waals surface area contributed by atoms with Crippen molar-refractivity contribution in [1.29, 1.82) is 0 Å². The molecule has 4 nitrogen and oxygen atoms in total. The summed E-state index contributed by atoms with van der Waals surface area (Å²) in [6, 6.07) is 8.09. The fourth-order valence-corrected chi connectivity index (χ4v) is 10.0. The van der Waals surface area contributed by atoms with Gasteiger partial charge < -0.3 is 0 Å². The van der Waals surface area contributed by atoms with E-state index in [0.29, 0.717) is 5.39 Å². The lowest BCUT2D eigenvalue weighted by Gasteiger charge is -2.12. The molecule has 9 heteroatoms. The highest BCUT2D eigenvalue weighted by Crippen LogP contribution is 2.46. The lowest BCUT2D eigenvalue weighted by molar-refractivity contribution is 0.639. The van der Waals surface area contributed by atoms with Gasteiger partial charge in [0.1, 0.15) is 4.70 Å². The van der Waals surface area contributed by atoms with E-state index >= 15 is 0 Å². The fraction of sp³-hybridized carbons (Fsp3) is 0.0909. The Hall–Kier alpha value is -1.65. The molecule has 0 saturated heterocycles. The molecule has 5 aromatic heterocycles. The molecule has 2 unspecified atom stereocenters. The average molecular weight is 588 g/mol. The number of thioether (sulfide) groups is 1. The van der Waals surface area contributed by atoms with E-state index in [-0.39, 0.29) is 22.4 Å². The second-order valence-electron chi connectivity index (χ2n) is 7.91. The number of hydrogen-bond acceptors (Lipinski definition) is 5. The normalized spacial score (nSPS) is 20.5. The Bertz CT molecular complexity index is 2010. The predicted molar refractivity (Wildman–Crippen MR) is 140 cm³/mol. The van der Waals surface area contributed by atoms with E-state index < -0.39 is 0 Å². The molecule has 2 aliphatic heterocycles. The first-order valence-corrected chi connectivity index (χ1v) is 13.7. The molecule has 7 heterocycles. The van der Waals surface area contributed by atoms with Gasteiger partial charge in [0.25, 0.3) is 11.1 Å². The van der Waals surface area contributed by atoms with Gasteiger partial charge in [-0.15, -0.1) is 34.4 Å². The topological polar surface area (TPSA) is 43.5 Å². The minimum Gasteiger partial charge on any atom is -0.299 e. The summed E-state index contributed by atoms with van der Waals surface area (Å²) in [6.45, 7) is 0. The predicted octanol–water partition coefficient (Wildman–Crippen LogP) is 5.80. The highest BCUT2D eigenvalue weighted by Gasteiger charge is 2.35. The molecular formula is C22H8Br2N2O2S3. The first-order chi connectivity index (χ1) is 15.0. The zero-order valence-electron chi connectivity index (χ0n) is 15.3. The van der Waals surface area contributed by atoms with Crippen molar-refractivity contribution >= 4 is 119 Å². The molecule has 2 atom stereocenters. The van der Waals surface area contributed by atoms with Crippen LogP contribution in [0.4, 0.5) is 0 Å². The monoisotopic (exact) mass is 586 g/mol. The molecular weight excluding hydrogens is 580 g/mol. The van der Waals surface area contributed by atoms with Crippen LogP contribution >= 0.6 is 66.3 Å². The van der Waals surface area contributed by atoms with Crippen molar-refractivity contribution in [2.45, 2.75) is 11.3 Å². The number of hydrogen-bond donors (Lipinski definition) is 0. The quantitative estimate of drug-likeness (QED) is 0.211. The van der Waals surface area contributed by atoms with Crippen LogP contribution in [0.1, 0.15) is 6.04 Å². The summed E-state index contributed by atoms with van der Waals surface area (Å²) < 4.78 is 8.66. The summed E-state index contributed by atoms with van der Waals surface area (Å²) in [6.07, 6.45) is 4.33. The molecule has 2 aliphatic rings. The summed E-state index contributed by atoms with van der Waals surface area (Å²) in [5.41, 5.74) is 1.83. The van der Waals surface area contributed by atoms with Crippen molar-refractivity contribution in [2.24, 2.45) is 0 Å². The maximum absolute atomic E-state index is 13.7. The van der Waals surface area contributed by atoms with Crippen molar-refractivity contribution in [3.05, 3.63) is 64.0 Å². The van der Waals surface area contributed by atoms with E-state index in [1.807, 2.05) is 22.8 Å². The highest BCUT2D eigenvalue weighted by atomic mass is 79.9. The average Bonchev–Trinajstić information content (AvgIpc) is 3.49. The number of nitrogens with zero attached hydrogens (tertiary/aromatic N) is 2. The van der Waals surface area contributed by atoms with Gasteiger partial charge in [0.2, 0.25) is 0 Å². The third kappa shape index (κ3) is 1.99. The molecule has 0 N–H and O–H groups in total. The number of halogens is 2. The van der Waals surface area contributed by atoms with Crippen LogP contribution in [0.5, 0.6) is 0 Å². The summed E-state index contributed by atoms with van der Waals surface area (Å²) >= 11 is 12.0. The number of aromatic nitrogens is 2. The number of allylic oxidation sites excluding steroid dienone is 1. The number of rotatable bonds is 0. The van der Waals surface area contributed by atoms with Gasteiger partial charge in [0, 0.05) is 30.7 Å². The van der Waals surface area contributed by atoms with Crippen LogP contribution in [-0.2, 0) is 0 Å². The van der Waals surface area contributed by atoms with E-state index in [2.05, 4.69) is 50.1 Å². The standard InChI is InChI=1S/C22H8Br2N2O2S3/c23-15-5-10-13(29-15)3-9-7-1-2-8-18-17(7)20(22(28)25(9)10)31-19(18)12-4-14-11(6-16(24)30-14)26(12)21(8)27/h1-6,10,13H. The Morgan fingerprint density at radius 3 is 2.55 bits per heavy atom. The highest BCUT2D eigenvalue weighted by molar-refractivity contribution is 9.14. The fourth-order valence-electron chi connectivity index (χ4n) is 5.26. The van der Waals surface area contributed by atoms with Gasteiger partial charge in [-0.25, -0.2) is 0 Å². The molecule has 0 bridgehead atoms. The van der Waals surface area contributed by atoms with Crippen molar-refractivity contribution < 1.29 is 0 Å². The first kappa shape index (κ1) is 17.9. The van der Waals surface area contributed by atoms with E-state index in [4.69, 9.17) is 0 Å². The van der Waals surface area contributed by atoms with Crippen molar-refractivity contribution in [1.82, 2.24) is 8.97 Å². The van der Waals surface area contributed by atoms with E-state index in [1.165, 1.54) is 11.3 Å². The van der Waals surface area contributed by atoms with Crippen LogP contribution < -0.4 is 16.5 Å². The molecule has 0 amide bonds. The number of pyridine rings is 2. The van der Waals surface area contributed by atoms with E-state index in [1.54, 1.807) is 27.5 Å². The smallest absolute Gasteiger partial charge is 0.269 e. The Balaban J connectivity index is 1.66. The number of fused-ring (bicyclic) bond motifs is 8.